The molecule has 3 heterocycles. The number of H-pyrrole nitrogens is 1. The Kier molecular flexibility index (Phi) is 8.34. The summed E-state index contributed by atoms with van der Waals surface area (Å²) in [7, 11) is 1.48. The van der Waals surface area contributed by atoms with E-state index in [1.54, 1.807) is 0 Å². The lowest BCUT2D eigenvalue weighted by atomic mass is 9.89. The summed E-state index contributed by atoms with van der Waals surface area (Å²) in [5.74, 6) is 0.240. The fraction of sp³-hybridized carbons (Fsp3) is 0.560. The molecule has 11 heteroatoms. The number of para-hydroxylation sites is 1. The van der Waals surface area contributed by atoms with Crippen LogP contribution < -0.4 is 11.1 Å². The average molecular weight is 512 g/mol. The first-order valence-corrected chi connectivity index (χ1v) is 12.1. The van der Waals surface area contributed by atoms with Crippen LogP contribution in [0.25, 0.3) is 10.9 Å². The van der Waals surface area contributed by atoms with Gasteiger partial charge in [-0.25, -0.2) is 0 Å². The highest BCUT2D eigenvalue weighted by molar-refractivity contribution is 6.04. The maximum absolute atomic E-state index is 13.7. The van der Waals surface area contributed by atoms with Gasteiger partial charge in [0.1, 0.15) is 11.5 Å². The molecule has 0 spiro atoms. The van der Waals surface area contributed by atoms with E-state index in [-0.39, 0.29) is 19.0 Å². The lowest BCUT2D eigenvalue weighted by molar-refractivity contribution is -0.154. The molecule has 0 saturated carbocycles. The summed E-state index contributed by atoms with van der Waals surface area (Å²) in [6, 6.07) is 6.70. The van der Waals surface area contributed by atoms with Crippen LogP contribution in [0, 0.1) is 5.92 Å². The Morgan fingerprint density at radius 3 is 2.75 bits per heavy atom. The predicted octanol–water partition coefficient (Wildman–Crippen LogP) is 3.83. The van der Waals surface area contributed by atoms with Crippen LogP contribution >= 0.6 is 0 Å². The monoisotopic (exact) mass is 511 g/mol. The van der Waals surface area contributed by atoms with Gasteiger partial charge in [-0.15, -0.1) is 0 Å². The number of benzene rings is 1. The number of ether oxygens (including phenoxy) is 2. The summed E-state index contributed by atoms with van der Waals surface area (Å²) in [5.41, 5.74) is 9.05. The van der Waals surface area contributed by atoms with Crippen LogP contribution in [0.2, 0.25) is 0 Å². The van der Waals surface area contributed by atoms with Gasteiger partial charge < -0.3 is 25.5 Å². The molecule has 4 rings (SSSR count). The average Bonchev–Trinajstić information content (AvgIpc) is 3.19. The van der Waals surface area contributed by atoms with Crippen molar-refractivity contribution in [2.45, 2.75) is 44.4 Å². The van der Waals surface area contributed by atoms with Crippen LogP contribution in [-0.4, -0.2) is 74.2 Å². The van der Waals surface area contributed by atoms with Gasteiger partial charge >= 0.3 is 6.18 Å². The number of aromatic nitrogens is 1. The maximum atomic E-state index is 13.7. The largest absolute Gasteiger partial charge is 0.495 e. The van der Waals surface area contributed by atoms with Gasteiger partial charge in [0.2, 0.25) is 0 Å². The fourth-order valence-electron chi connectivity index (χ4n) is 4.93. The normalized spacial score (nSPS) is 25.0. The zero-order chi connectivity index (χ0) is 25.9. The predicted molar refractivity (Wildman–Crippen MR) is 130 cm³/mol. The van der Waals surface area contributed by atoms with Gasteiger partial charge in [0.05, 0.1) is 39.1 Å². The van der Waals surface area contributed by atoms with E-state index in [9.17, 15) is 17.6 Å². The number of rotatable bonds is 10. The quantitative estimate of drug-likeness (QED) is 0.334. The molecule has 7 nitrogen and oxygen atoms in total. The summed E-state index contributed by atoms with van der Waals surface area (Å²) in [4.78, 5) is 9.35. The highest BCUT2D eigenvalue weighted by Gasteiger charge is 2.45. The van der Waals surface area contributed by atoms with Gasteiger partial charge in [0, 0.05) is 35.5 Å². The number of aromatic amines is 1. The molecule has 0 aliphatic carbocycles. The van der Waals surface area contributed by atoms with Crippen molar-refractivity contribution in [1.82, 2.24) is 15.2 Å². The van der Waals surface area contributed by atoms with Gasteiger partial charge in [0.25, 0.3) is 0 Å². The Morgan fingerprint density at radius 2 is 2.03 bits per heavy atom. The van der Waals surface area contributed by atoms with Crippen molar-refractivity contribution in [3.05, 3.63) is 47.4 Å². The molecule has 0 radical (unpaired) electrons. The van der Waals surface area contributed by atoms with Gasteiger partial charge in [-0.05, 0) is 30.7 Å². The molecular formula is C25H33F4N5O2. The Balaban J connectivity index is 1.71. The summed E-state index contributed by atoms with van der Waals surface area (Å²) >= 11 is 0. The molecule has 2 aliphatic rings. The second kappa shape index (κ2) is 11.3. The van der Waals surface area contributed by atoms with E-state index in [1.165, 1.54) is 12.0 Å². The molecule has 0 saturated heterocycles. The van der Waals surface area contributed by atoms with Crippen LogP contribution in [-0.2, 0) is 15.9 Å². The van der Waals surface area contributed by atoms with Crippen molar-refractivity contribution in [3.8, 4) is 0 Å². The molecule has 0 amide bonds. The van der Waals surface area contributed by atoms with E-state index in [0.29, 0.717) is 43.3 Å². The molecule has 36 heavy (non-hydrogen) atoms. The lowest BCUT2D eigenvalue weighted by Gasteiger charge is -2.42. The number of hydrogen-bond donors (Lipinski definition) is 3. The van der Waals surface area contributed by atoms with Gasteiger partial charge in [-0.2, -0.15) is 13.2 Å². The van der Waals surface area contributed by atoms with E-state index in [4.69, 9.17) is 20.2 Å². The molecule has 0 fully saturated rings. The Bertz CT molecular complexity index is 1100. The third-order valence-corrected chi connectivity index (χ3v) is 6.57. The highest BCUT2D eigenvalue weighted by atomic mass is 19.4. The highest BCUT2D eigenvalue weighted by Crippen LogP contribution is 2.41. The number of nitrogens with two attached hydrogens (primary N) is 1. The first kappa shape index (κ1) is 26.6. The first-order valence-electron chi connectivity index (χ1n) is 12.1. The smallest absolute Gasteiger partial charge is 0.401 e. The Labute approximate surface area is 207 Å². The third kappa shape index (κ3) is 5.74. The van der Waals surface area contributed by atoms with Gasteiger partial charge in [0.15, 0.2) is 6.23 Å². The summed E-state index contributed by atoms with van der Waals surface area (Å²) in [6.45, 7) is 1.70. The number of aliphatic imine (C=N–C) groups is 1. The topological polar surface area (TPSA) is 87.9 Å². The molecule has 198 valence electrons. The number of hydrogen-bond acceptors (Lipinski definition) is 6. The molecule has 1 aromatic heterocycles. The number of nitrogens with one attached hydrogen (secondary N) is 2. The van der Waals surface area contributed by atoms with Crippen molar-refractivity contribution < 1.29 is 27.0 Å². The minimum absolute atomic E-state index is 0.162. The van der Waals surface area contributed by atoms with Crippen molar-refractivity contribution in [3.63, 3.8) is 0 Å². The van der Waals surface area contributed by atoms with Gasteiger partial charge in [-0.1, -0.05) is 25.1 Å². The number of fused-ring (bicyclic) bond motifs is 3. The van der Waals surface area contributed by atoms with E-state index in [1.807, 2.05) is 37.3 Å². The Hall–Kier alpha value is -2.47. The molecule has 2 unspecified atom stereocenters. The van der Waals surface area contributed by atoms with Crippen molar-refractivity contribution in [2.75, 3.05) is 40.0 Å². The second-order valence-corrected chi connectivity index (χ2v) is 9.19. The van der Waals surface area contributed by atoms with E-state index < -0.39 is 31.2 Å². The summed E-state index contributed by atoms with van der Waals surface area (Å²) in [5, 5.41) is 4.02. The number of methoxy groups -OCH3 is 1. The number of alkyl halides is 4. The third-order valence-electron chi connectivity index (χ3n) is 6.57. The second-order valence-electron chi connectivity index (χ2n) is 9.19. The van der Waals surface area contributed by atoms with E-state index in [2.05, 4.69) is 10.3 Å². The zero-order valence-corrected chi connectivity index (χ0v) is 20.4. The zero-order valence-electron chi connectivity index (χ0n) is 20.4. The standard InChI is InChI=1S/C25H33F4N5O2/c1-15-12-19(35-2)22(33-24(15)36-11-10-31-9-5-8-26)23-21-17(16-6-3-4-7-18(16)32-21)13-20(30)34(23)14-25(27,28)29/h3-4,6-7,12,15,20,23-24,31-32H,5,8-11,13-14,30H2,1-2H3/t15?,20-,23-,24?/m0/s1. The molecule has 2 aromatic rings. The van der Waals surface area contributed by atoms with Crippen LogP contribution in [0.5, 0.6) is 0 Å². The molecular weight excluding hydrogens is 478 g/mol. The van der Waals surface area contributed by atoms with Crippen LogP contribution in [0.4, 0.5) is 17.6 Å². The molecule has 4 N–H and O–H groups in total. The lowest BCUT2D eigenvalue weighted by Crippen LogP contribution is -2.55. The minimum atomic E-state index is -4.46. The van der Waals surface area contributed by atoms with Crippen LogP contribution in [0.15, 0.2) is 41.1 Å². The number of nitrogens with zero attached hydrogens (tertiary/aromatic N) is 2. The van der Waals surface area contributed by atoms with E-state index >= 15 is 0 Å². The Morgan fingerprint density at radius 1 is 1.25 bits per heavy atom. The van der Waals surface area contributed by atoms with Crippen molar-refractivity contribution in [1.29, 1.82) is 0 Å². The van der Waals surface area contributed by atoms with E-state index in [0.717, 1.165) is 16.5 Å². The molecule has 1 aromatic carbocycles. The van der Waals surface area contributed by atoms with Gasteiger partial charge in [-0.3, -0.25) is 14.3 Å². The van der Waals surface area contributed by atoms with Crippen molar-refractivity contribution >= 4 is 16.6 Å². The maximum Gasteiger partial charge on any atom is 0.401 e. The fourth-order valence-corrected chi connectivity index (χ4v) is 4.93. The molecule has 2 aliphatic heterocycles. The number of dihydropyridines is 1. The first-order chi connectivity index (χ1) is 17.2. The summed E-state index contributed by atoms with van der Waals surface area (Å²) < 4.78 is 65.0. The van der Waals surface area contributed by atoms with Crippen LogP contribution in [0.3, 0.4) is 0 Å². The molecule has 4 atom stereocenters. The van der Waals surface area contributed by atoms with Crippen molar-refractivity contribution in [2.24, 2.45) is 16.6 Å². The molecule has 0 bridgehead atoms. The summed E-state index contributed by atoms with van der Waals surface area (Å²) in [6.07, 6.45) is -3.42. The minimum Gasteiger partial charge on any atom is -0.495 e. The SMILES string of the molecule is COC1=CC(C)C(OCCNCCCF)N=C1[C@@H]1c2[nH]c3ccccc3c2C[C@@H](N)N1CC(F)(F)F. The van der Waals surface area contributed by atoms with Crippen LogP contribution in [0.1, 0.15) is 30.6 Å². The number of halogens is 4.